The predicted octanol–water partition coefficient (Wildman–Crippen LogP) is 5.70. The standard InChI is InChI=1S/C20H14Cl2N2O3S2/c1-2-26-17-9-12(3-6-16(17)27-8-7-23)10-18-19(25)24(20(28)29-18)13-4-5-14(21)15(22)11-13/h3-6,9-11H,2,8H2,1H3/b18-10+. The zero-order valence-corrected chi connectivity index (χ0v) is 18.3. The first-order valence-corrected chi connectivity index (χ1v) is 10.4. The van der Waals surface area contributed by atoms with Crippen LogP contribution in [0.2, 0.25) is 10.0 Å². The van der Waals surface area contributed by atoms with Crippen LogP contribution in [0.1, 0.15) is 12.5 Å². The van der Waals surface area contributed by atoms with Gasteiger partial charge >= 0.3 is 0 Å². The molecule has 0 radical (unpaired) electrons. The van der Waals surface area contributed by atoms with Crippen LogP contribution in [0.4, 0.5) is 5.69 Å². The minimum absolute atomic E-state index is 0.0816. The molecule has 1 amide bonds. The molecule has 0 aliphatic carbocycles. The second-order valence-electron chi connectivity index (χ2n) is 5.70. The van der Waals surface area contributed by atoms with Crippen molar-refractivity contribution >= 4 is 69.2 Å². The van der Waals surface area contributed by atoms with Gasteiger partial charge < -0.3 is 9.47 Å². The SMILES string of the molecule is CCOc1cc(/C=C2/SC(=S)N(c3ccc(Cl)c(Cl)c3)C2=O)ccc1OCC#N. The minimum Gasteiger partial charge on any atom is -0.490 e. The van der Waals surface area contributed by atoms with Gasteiger partial charge in [-0.3, -0.25) is 9.69 Å². The summed E-state index contributed by atoms with van der Waals surface area (Å²) in [5, 5.41) is 9.45. The molecule has 0 aromatic heterocycles. The summed E-state index contributed by atoms with van der Waals surface area (Å²) < 4.78 is 11.4. The minimum atomic E-state index is -0.249. The van der Waals surface area contributed by atoms with Crippen molar-refractivity contribution in [2.45, 2.75) is 6.92 Å². The Labute approximate surface area is 187 Å². The number of thioether (sulfide) groups is 1. The van der Waals surface area contributed by atoms with E-state index < -0.39 is 0 Å². The molecule has 1 saturated heterocycles. The zero-order valence-electron chi connectivity index (χ0n) is 15.1. The van der Waals surface area contributed by atoms with Crippen LogP contribution in [-0.4, -0.2) is 23.4 Å². The quantitative estimate of drug-likeness (QED) is 0.403. The lowest BCUT2D eigenvalue weighted by molar-refractivity contribution is -0.113. The Hall–Kier alpha value is -2.24. The number of hydrogen-bond donors (Lipinski definition) is 0. The van der Waals surface area contributed by atoms with Crippen molar-refractivity contribution in [2.75, 3.05) is 18.1 Å². The number of nitrogens with zero attached hydrogens (tertiary/aromatic N) is 2. The van der Waals surface area contributed by atoms with E-state index in [0.717, 1.165) is 5.56 Å². The summed E-state index contributed by atoms with van der Waals surface area (Å²) in [4.78, 5) is 14.8. The van der Waals surface area contributed by atoms with Crippen LogP contribution in [0.3, 0.4) is 0 Å². The van der Waals surface area contributed by atoms with Crippen molar-refractivity contribution in [3.05, 3.63) is 56.9 Å². The molecule has 1 heterocycles. The van der Waals surface area contributed by atoms with Gasteiger partial charge in [-0.15, -0.1) is 0 Å². The van der Waals surface area contributed by atoms with Crippen molar-refractivity contribution in [2.24, 2.45) is 0 Å². The van der Waals surface area contributed by atoms with E-state index >= 15 is 0 Å². The van der Waals surface area contributed by atoms with E-state index in [4.69, 9.17) is 50.2 Å². The maximum Gasteiger partial charge on any atom is 0.270 e. The number of carbonyl (C=O) groups is 1. The topological polar surface area (TPSA) is 62.6 Å². The maximum atomic E-state index is 12.9. The number of amides is 1. The number of carbonyl (C=O) groups excluding carboxylic acids is 1. The normalized spacial score (nSPS) is 15.0. The lowest BCUT2D eigenvalue weighted by atomic mass is 10.1. The zero-order chi connectivity index (χ0) is 21.0. The Morgan fingerprint density at radius 3 is 2.66 bits per heavy atom. The first-order chi connectivity index (χ1) is 13.9. The molecule has 0 N–H and O–H groups in total. The van der Waals surface area contributed by atoms with Gasteiger partial charge in [0.15, 0.2) is 22.4 Å². The van der Waals surface area contributed by atoms with Crippen molar-refractivity contribution < 1.29 is 14.3 Å². The molecule has 2 aromatic carbocycles. The molecule has 1 aliphatic rings. The third-order valence-electron chi connectivity index (χ3n) is 3.81. The third-order valence-corrected chi connectivity index (χ3v) is 5.85. The van der Waals surface area contributed by atoms with Crippen LogP contribution in [0.15, 0.2) is 41.3 Å². The molecular weight excluding hydrogens is 451 g/mol. The van der Waals surface area contributed by atoms with Crippen molar-refractivity contribution in [1.82, 2.24) is 0 Å². The van der Waals surface area contributed by atoms with Crippen LogP contribution >= 0.6 is 47.2 Å². The fraction of sp³-hybridized carbons (Fsp3) is 0.150. The Balaban J connectivity index is 1.89. The van der Waals surface area contributed by atoms with E-state index in [2.05, 4.69) is 0 Å². The van der Waals surface area contributed by atoms with Gasteiger partial charge in [0.25, 0.3) is 5.91 Å². The van der Waals surface area contributed by atoms with E-state index in [0.29, 0.717) is 43.1 Å². The molecule has 3 rings (SSSR count). The van der Waals surface area contributed by atoms with Crippen LogP contribution in [0.5, 0.6) is 11.5 Å². The highest BCUT2D eigenvalue weighted by Crippen LogP contribution is 2.38. The first kappa shape index (κ1) is 21.5. The molecule has 1 aliphatic heterocycles. The van der Waals surface area contributed by atoms with Gasteiger partial charge in [-0.25, -0.2) is 0 Å². The Kier molecular flexibility index (Phi) is 7.04. The summed E-state index contributed by atoms with van der Waals surface area (Å²) in [6.45, 7) is 2.21. The molecule has 29 heavy (non-hydrogen) atoms. The Morgan fingerprint density at radius 2 is 1.97 bits per heavy atom. The van der Waals surface area contributed by atoms with Crippen molar-refractivity contribution in [3.63, 3.8) is 0 Å². The predicted molar refractivity (Wildman–Crippen MR) is 121 cm³/mol. The summed E-state index contributed by atoms with van der Waals surface area (Å²) in [6, 6.07) is 12.1. The van der Waals surface area contributed by atoms with E-state index in [-0.39, 0.29) is 12.5 Å². The summed E-state index contributed by atoms with van der Waals surface area (Å²) >= 11 is 18.6. The summed E-state index contributed by atoms with van der Waals surface area (Å²) in [5.41, 5.74) is 1.30. The molecule has 0 saturated carbocycles. The highest BCUT2D eigenvalue weighted by Gasteiger charge is 2.33. The summed E-state index contributed by atoms with van der Waals surface area (Å²) in [7, 11) is 0. The number of halogens is 2. The van der Waals surface area contributed by atoms with E-state index in [9.17, 15) is 4.79 Å². The van der Waals surface area contributed by atoms with Gasteiger partial charge in [0.05, 0.1) is 27.2 Å². The summed E-state index contributed by atoms with van der Waals surface area (Å²) in [5.74, 6) is 0.714. The first-order valence-electron chi connectivity index (χ1n) is 8.44. The van der Waals surface area contributed by atoms with Gasteiger partial charge in [-0.05, 0) is 48.9 Å². The molecule has 148 valence electrons. The molecule has 0 atom stereocenters. The fourth-order valence-electron chi connectivity index (χ4n) is 2.58. The second-order valence-corrected chi connectivity index (χ2v) is 8.19. The lowest BCUT2D eigenvalue weighted by Crippen LogP contribution is -2.27. The van der Waals surface area contributed by atoms with Gasteiger partial charge in [0.1, 0.15) is 6.07 Å². The molecule has 5 nitrogen and oxygen atoms in total. The molecule has 2 aromatic rings. The molecule has 9 heteroatoms. The number of anilines is 1. The number of nitriles is 1. The van der Waals surface area contributed by atoms with Crippen LogP contribution in [-0.2, 0) is 4.79 Å². The number of benzene rings is 2. The molecular formula is C20H14Cl2N2O3S2. The average molecular weight is 465 g/mol. The monoisotopic (exact) mass is 464 g/mol. The Morgan fingerprint density at radius 1 is 1.17 bits per heavy atom. The van der Waals surface area contributed by atoms with E-state index in [1.54, 1.807) is 42.5 Å². The van der Waals surface area contributed by atoms with E-state index in [1.807, 2.05) is 13.0 Å². The second kappa shape index (κ2) is 9.51. The Bertz CT molecular complexity index is 1050. The van der Waals surface area contributed by atoms with Gasteiger partial charge in [-0.2, -0.15) is 5.26 Å². The average Bonchev–Trinajstić information content (AvgIpc) is 2.97. The molecule has 0 spiro atoms. The van der Waals surface area contributed by atoms with Crippen molar-refractivity contribution in [1.29, 1.82) is 5.26 Å². The number of ether oxygens (including phenoxy) is 2. The largest absolute Gasteiger partial charge is 0.490 e. The fourth-order valence-corrected chi connectivity index (χ4v) is 4.17. The van der Waals surface area contributed by atoms with Crippen LogP contribution < -0.4 is 14.4 Å². The maximum absolute atomic E-state index is 12.9. The van der Waals surface area contributed by atoms with Crippen LogP contribution in [0.25, 0.3) is 6.08 Å². The molecule has 0 unspecified atom stereocenters. The third kappa shape index (κ3) is 4.85. The highest BCUT2D eigenvalue weighted by molar-refractivity contribution is 8.27. The number of rotatable bonds is 6. The number of hydrogen-bond acceptors (Lipinski definition) is 6. The van der Waals surface area contributed by atoms with Crippen LogP contribution in [0, 0.1) is 11.3 Å². The van der Waals surface area contributed by atoms with E-state index in [1.165, 1.54) is 16.7 Å². The molecule has 0 bridgehead atoms. The smallest absolute Gasteiger partial charge is 0.270 e. The van der Waals surface area contributed by atoms with Gasteiger partial charge in [0, 0.05) is 0 Å². The van der Waals surface area contributed by atoms with Gasteiger partial charge in [0.2, 0.25) is 0 Å². The number of thiocarbonyl (C=S) groups is 1. The van der Waals surface area contributed by atoms with Crippen molar-refractivity contribution in [3.8, 4) is 17.6 Å². The molecule has 1 fully saturated rings. The van der Waals surface area contributed by atoms with Gasteiger partial charge in [-0.1, -0.05) is 53.2 Å². The highest BCUT2D eigenvalue weighted by atomic mass is 35.5. The lowest BCUT2D eigenvalue weighted by Gasteiger charge is -2.15. The summed E-state index contributed by atoms with van der Waals surface area (Å²) in [6.07, 6.45) is 1.73.